The maximum atomic E-state index is 13.1. The van der Waals surface area contributed by atoms with Gasteiger partial charge in [-0.1, -0.05) is 61.2 Å². The van der Waals surface area contributed by atoms with Gasteiger partial charge in [-0.3, -0.25) is 4.79 Å². The molecule has 3 rings (SSSR count). The standard InChI is InChI=1S/C25H22O5/c1-4-24(27)30-16(2)20-14-21(22(26)15-23(20)29-3)18-12-8-9-13-19(18)25(28)17-10-6-5-7-11-17/h4-16,26H,1H2,2-3H3. The Morgan fingerprint density at radius 1 is 1.00 bits per heavy atom. The number of ketones is 1. The lowest BCUT2D eigenvalue weighted by molar-refractivity contribution is -0.142. The average molecular weight is 402 g/mol. The normalized spacial score (nSPS) is 11.4. The van der Waals surface area contributed by atoms with Crippen LogP contribution in [0, 0.1) is 0 Å². The number of hydrogen-bond donors (Lipinski definition) is 1. The summed E-state index contributed by atoms with van der Waals surface area (Å²) < 4.78 is 10.7. The van der Waals surface area contributed by atoms with Gasteiger partial charge >= 0.3 is 5.97 Å². The van der Waals surface area contributed by atoms with Crippen LogP contribution in [0.2, 0.25) is 0 Å². The van der Waals surface area contributed by atoms with Crippen molar-refractivity contribution in [3.8, 4) is 22.6 Å². The van der Waals surface area contributed by atoms with Crippen molar-refractivity contribution < 1.29 is 24.2 Å². The summed E-state index contributed by atoms with van der Waals surface area (Å²) in [5.41, 5.74) is 2.56. The number of carbonyl (C=O) groups excluding carboxylic acids is 2. The summed E-state index contributed by atoms with van der Waals surface area (Å²) in [5.74, 6) is -0.411. The number of phenols is 1. The highest BCUT2D eigenvalue weighted by molar-refractivity contribution is 6.13. The van der Waals surface area contributed by atoms with E-state index in [1.807, 2.05) is 6.07 Å². The first-order chi connectivity index (χ1) is 14.5. The van der Waals surface area contributed by atoms with Crippen LogP contribution in [0.5, 0.6) is 11.5 Å². The zero-order valence-corrected chi connectivity index (χ0v) is 16.8. The second-order valence-electron chi connectivity index (χ2n) is 6.64. The summed E-state index contributed by atoms with van der Waals surface area (Å²) in [4.78, 5) is 24.7. The molecule has 1 atom stereocenters. The summed E-state index contributed by atoms with van der Waals surface area (Å²) in [7, 11) is 1.47. The summed E-state index contributed by atoms with van der Waals surface area (Å²) >= 11 is 0. The maximum absolute atomic E-state index is 13.1. The largest absolute Gasteiger partial charge is 0.507 e. The molecule has 5 heteroatoms. The van der Waals surface area contributed by atoms with Gasteiger partial charge < -0.3 is 14.6 Å². The lowest BCUT2D eigenvalue weighted by Crippen LogP contribution is -2.08. The lowest BCUT2D eigenvalue weighted by atomic mass is 9.91. The smallest absolute Gasteiger partial charge is 0.330 e. The molecule has 1 N–H and O–H groups in total. The van der Waals surface area contributed by atoms with E-state index in [1.54, 1.807) is 61.5 Å². The SMILES string of the molecule is C=CC(=O)OC(C)c1cc(-c2ccccc2C(=O)c2ccccc2)c(O)cc1OC. The van der Waals surface area contributed by atoms with E-state index in [-0.39, 0.29) is 11.5 Å². The molecule has 3 aromatic carbocycles. The molecular formula is C25H22O5. The molecule has 0 spiro atoms. The first-order valence-corrected chi connectivity index (χ1v) is 9.39. The van der Waals surface area contributed by atoms with Gasteiger partial charge in [-0.2, -0.15) is 0 Å². The van der Waals surface area contributed by atoms with E-state index in [4.69, 9.17) is 9.47 Å². The zero-order chi connectivity index (χ0) is 21.7. The molecule has 0 heterocycles. The number of esters is 1. The van der Waals surface area contributed by atoms with Gasteiger partial charge in [-0.15, -0.1) is 0 Å². The van der Waals surface area contributed by atoms with Gasteiger partial charge in [0.15, 0.2) is 5.78 Å². The van der Waals surface area contributed by atoms with Crippen molar-refractivity contribution >= 4 is 11.8 Å². The summed E-state index contributed by atoms with van der Waals surface area (Å²) in [6, 6.07) is 19.1. The number of ether oxygens (including phenoxy) is 2. The number of methoxy groups -OCH3 is 1. The number of hydrogen-bond acceptors (Lipinski definition) is 5. The van der Waals surface area contributed by atoms with Gasteiger partial charge in [0.05, 0.1) is 7.11 Å². The molecule has 30 heavy (non-hydrogen) atoms. The topological polar surface area (TPSA) is 72.8 Å². The molecule has 0 aliphatic rings. The van der Waals surface area contributed by atoms with E-state index in [2.05, 4.69) is 6.58 Å². The van der Waals surface area contributed by atoms with Crippen LogP contribution in [0.15, 0.2) is 79.4 Å². The van der Waals surface area contributed by atoms with E-state index in [1.165, 1.54) is 13.2 Å². The van der Waals surface area contributed by atoms with Crippen molar-refractivity contribution in [2.24, 2.45) is 0 Å². The minimum atomic E-state index is -0.651. The van der Waals surface area contributed by atoms with Crippen LogP contribution in [0.4, 0.5) is 0 Å². The number of aromatic hydroxyl groups is 1. The Kier molecular flexibility index (Phi) is 6.32. The van der Waals surface area contributed by atoms with Crippen LogP contribution < -0.4 is 4.74 Å². The van der Waals surface area contributed by atoms with Gasteiger partial charge in [0, 0.05) is 34.4 Å². The van der Waals surface area contributed by atoms with Crippen molar-refractivity contribution in [2.75, 3.05) is 7.11 Å². The Bertz CT molecular complexity index is 1090. The van der Waals surface area contributed by atoms with Crippen molar-refractivity contribution in [1.82, 2.24) is 0 Å². The van der Waals surface area contributed by atoms with E-state index < -0.39 is 12.1 Å². The van der Waals surface area contributed by atoms with Gasteiger partial charge in [0.1, 0.15) is 17.6 Å². The minimum absolute atomic E-state index is 0.0499. The van der Waals surface area contributed by atoms with E-state index >= 15 is 0 Å². The average Bonchev–Trinajstić information content (AvgIpc) is 2.78. The molecule has 0 aliphatic carbocycles. The molecule has 0 bridgehead atoms. The van der Waals surface area contributed by atoms with Gasteiger partial charge in [0.25, 0.3) is 0 Å². The fraction of sp³-hybridized carbons (Fsp3) is 0.120. The molecule has 0 radical (unpaired) electrons. The minimum Gasteiger partial charge on any atom is -0.507 e. The lowest BCUT2D eigenvalue weighted by Gasteiger charge is -2.19. The predicted octanol–water partition coefficient (Wildman–Crippen LogP) is 5.09. The van der Waals surface area contributed by atoms with Gasteiger partial charge in [0.2, 0.25) is 0 Å². The monoisotopic (exact) mass is 402 g/mol. The Morgan fingerprint density at radius 3 is 2.33 bits per heavy atom. The van der Waals surface area contributed by atoms with Crippen LogP contribution in [-0.4, -0.2) is 24.0 Å². The molecule has 0 amide bonds. The molecular weight excluding hydrogens is 380 g/mol. The Hall–Kier alpha value is -3.86. The van der Waals surface area contributed by atoms with E-state index in [0.717, 1.165) is 6.08 Å². The Morgan fingerprint density at radius 2 is 1.67 bits per heavy atom. The maximum Gasteiger partial charge on any atom is 0.330 e. The summed E-state index contributed by atoms with van der Waals surface area (Å²) in [6.45, 7) is 5.10. The molecule has 152 valence electrons. The zero-order valence-electron chi connectivity index (χ0n) is 16.8. The van der Waals surface area contributed by atoms with Gasteiger partial charge in [-0.05, 0) is 18.6 Å². The molecule has 3 aromatic rings. The number of benzene rings is 3. The highest BCUT2D eigenvalue weighted by Gasteiger charge is 2.22. The Labute approximate surface area is 175 Å². The second-order valence-corrected chi connectivity index (χ2v) is 6.64. The third-order valence-corrected chi connectivity index (χ3v) is 4.74. The third-order valence-electron chi connectivity index (χ3n) is 4.74. The van der Waals surface area contributed by atoms with Crippen molar-refractivity contribution in [3.05, 3.63) is 96.1 Å². The number of rotatable bonds is 7. The van der Waals surface area contributed by atoms with Crippen LogP contribution in [0.25, 0.3) is 11.1 Å². The van der Waals surface area contributed by atoms with Crippen LogP contribution in [0.1, 0.15) is 34.5 Å². The molecule has 0 saturated carbocycles. The van der Waals surface area contributed by atoms with Crippen LogP contribution >= 0.6 is 0 Å². The second kappa shape index (κ2) is 9.09. The molecule has 5 nitrogen and oxygen atoms in total. The van der Waals surface area contributed by atoms with Crippen molar-refractivity contribution in [2.45, 2.75) is 13.0 Å². The Balaban J connectivity index is 2.13. The molecule has 0 aromatic heterocycles. The van der Waals surface area contributed by atoms with Gasteiger partial charge in [-0.25, -0.2) is 4.79 Å². The molecule has 0 fully saturated rings. The predicted molar refractivity (Wildman–Crippen MR) is 115 cm³/mol. The summed E-state index contributed by atoms with van der Waals surface area (Å²) in [5, 5.41) is 10.7. The van der Waals surface area contributed by atoms with E-state index in [9.17, 15) is 14.7 Å². The van der Waals surface area contributed by atoms with Crippen LogP contribution in [0.3, 0.4) is 0 Å². The third kappa shape index (κ3) is 4.25. The van der Waals surface area contributed by atoms with Crippen molar-refractivity contribution in [1.29, 1.82) is 0 Å². The first-order valence-electron chi connectivity index (χ1n) is 9.39. The number of carbonyl (C=O) groups is 2. The molecule has 0 aliphatic heterocycles. The number of phenolic OH excluding ortho intramolecular Hbond substituents is 1. The quantitative estimate of drug-likeness (QED) is 0.339. The van der Waals surface area contributed by atoms with Crippen molar-refractivity contribution in [3.63, 3.8) is 0 Å². The first kappa shape index (κ1) is 20.9. The summed E-state index contributed by atoms with van der Waals surface area (Å²) in [6.07, 6.45) is 0.430. The van der Waals surface area contributed by atoms with Crippen LogP contribution in [-0.2, 0) is 9.53 Å². The fourth-order valence-electron chi connectivity index (χ4n) is 3.24. The molecule has 1 unspecified atom stereocenters. The highest BCUT2D eigenvalue weighted by Crippen LogP contribution is 2.40. The highest BCUT2D eigenvalue weighted by atomic mass is 16.5. The van der Waals surface area contributed by atoms with E-state index in [0.29, 0.717) is 33.6 Å². The molecule has 0 saturated heterocycles. The fourth-order valence-corrected chi connectivity index (χ4v) is 3.24.